The van der Waals surface area contributed by atoms with Crippen LogP contribution in [0.5, 0.6) is 11.5 Å². The van der Waals surface area contributed by atoms with E-state index in [2.05, 4.69) is 15.2 Å². The molecular formula is C18H16N3O4S2-. The summed E-state index contributed by atoms with van der Waals surface area (Å²) in [6.45, 7) is 1.92. The van der Waals surface area contributed by atoms with Gasteiger partial charge in [0.1, 0.15) is 11.5 Å². The van der Waals surface area contributed by atoms with Crippen LogP contribution in [0.15, 0.2) is 39.7 Å². The highest BCUT2D eigenvalue weighted by Crippen LogP contribution is 2.31. The summed E-state index contributed by atoms with van der Waals surface area (Å²) in [4.78, 5) is 16.7. The Labute approximate surface area is 164 Å². The van der Waals surface area contributed by atoms with E-state index in [1.807, 2.05) is 18.4 Å². The number of ether oxygens (including phenoxy) is 2. The summed E-state index contributed by atoms with van der Waals surface area (Å²) in [6.07, 6.45) is 1.57. The van der Waals surface area contributed by atoms with Crippen molar-refractivity contribution in [3.05, 3.63) is 45.0 Å². The van der Waals surface area contributed by atoms with Crippen molar-refractivity contribution in [2.45, 2.75) is 12.1 Å². The lowest BCUT2D eigenvalue weighted by Crippen LogP contribution is -2.23. The summed E-state index contributed by atoms with van der Waals surface area (Å²) in [7, 11) is 3.12. The van der Waals surface area contributed by atoms with Crippen LogP contribution >= 0.6 is 23.1 Å². The molecule has 9 heteroatoms. The number of carboxylic acids is 1. The Hall–Kier alpha value is -2.78. The number of aromatic amines is 1. The van der Waals surface area contributed by atoms with Gasteiger partial charge in [-0.05, 0) is 53.9 Å². The van der Waals surface area contributed by atoms with Crippen LogP contribution in [0, 0.1) is 6.92 Å². The number of carbonyl (C=O) groups is 1. The minimum absolute atomic E-state index is 0.0364. The molecule has 2 heterocycles. The molecule has 7 nitrogen and oxygen atoms in total. The van der Waals surface area contributed by atoms with Crippen molar-refractivity contribution < 1.29 is 19.4 Å². The van der Waals surface area contributed by atoms with Gasteiger partial charge in [-0.15, -0.1) is 16.4 Å². The maximum Gasteiger partial charge on any atom is 0.213 e. The molecule has 27 heavy (non-hydrogen) atoms. The Morgan fingerprint density at radius 3 is 2.52 bits per heavy atom. The maximum atomic E-state index is 11.5. The van der Waals surface area contributed by atoms with Crippen molar-refractivity contribution in [2.75, 3.05) is 14.2 Å². The zero-order chi connectivity index (χ0) is 19.4. The van der Waals surface area contributed by atoms with Gasteiger partial charge in [0.25, 0.3) is 0 Å². The lowest BCUT2D eigenvalue weighted by atomic mass is 10.2. The predicted octanol–water partition coefficient (Wildman–Crippen LogP) is 2.74. The first kappa shape index (κ1) is 19.0. The number of aryl methyl sites for hydroxylation is 1. The van der Waals surface area contributed by atoms with Crippen molar-refractivity contribution in [2.24, 2.45) is 0 Å². The van der Waals surface area contributed by atoms with Crippen molar-refractivity contribution in [3.8, 4) is 22.9 Å². The number of thioether (sulfide) groups is 1. The number of aromatic nitrogens is 3. The van der Waals surface area contributed by atoms with Gasteiger partial charge < -0.3 is 19.4 Å². The standard InChI is InChI=1S/C18H17N3O4S2/c1-10-4-5-26-14(10)9-15(17(22)23)27-18-19-16(20-21-18)11-6-12(24-2)8-13(7-11)25-3/h4-9H,1-3H3,(H,22,23)(H,19,20,21)/p-1/b15-9-. The molecule has 0 amide bonds. The highest BCUT2D eigenvalue weighted by atomic mass is 32.2. The van der Waals surface area contributed by atoms with Gasteiger partial charge in [0, 0.05) is 21.4 Å². The topological polar surface area (TPSA) is 100 Å². The molecule has 0 saturated carbocycles. The molecule has 1 aromatic carbocycles. The minimum atomic E-state index is -1.28. The Balaban J connectivity index is 1.88. The molecule has 0 aliphatic heterocycles. The molecule has 0 atom stereocenters. The third-order valence-electron chi connectivity index (χ3n) is 3.66. The molecule has 140 valence electrons. The number of rotatable bonds is 7. The van der Waals surface area contributed by atoms with E-state index in [0.29, 0.717) is 22.9 Å². The fourth-order valence-electron chi connectivity index (χ4n) is 2.25. The van der Waals surface area contributed by atoms with Gasteiger partial charge in [-0.25, -0.2) is 4.98 Å². The van der Waals surface area contributed by atoms with Crippen LogP contribution in [0.4, 0.5) is 0 Å². The highest BCUT2D eigenvalue weighted by Gasteiger charge is 2.12. The van der Waals surface area contributed by atoms with E-state index in [1.165, 1.54) is 11.3 Å². The Morgan fingerprint density at radius 2 is 1.96 bits per heavy atom. The maximum absolute atomic E-state index is 11.5. The van der Waals surface area contributed by atoms with Gasteiger partial charge in [0.2, 0.25) is 5.16 Å². The van der Waals surface area contributed by atoms with Gasteiger partial charge in [-0.2, -0.15) is 0 Å². The van der Waals surface area contributed by atoms with E-state index in [4.69, 9.17) is 9.47 Å². The molecule has 0 spiro atoms. The molecule has 0 unspecified atom stereocenters. The minimum Gasteiger partial charge on any atom is -0.544 e. The second kappa shape index (κ2) is 8.28. The molecule has 0 saturated heterocycles. The number of nitrogens with one attached hydrogen (secondary N) is 1. The highest BCUT2D eigenvalue weighted by molar-refractivity contribution is 8.04. The number of nitrogens with zero attached hydrogens (tertiary/aromatic N) is 2. The normalized spacial score (nSPS) is 11.4. The monoisotopic (exact) mass is 402 g/mol. The summed E-state index contributed by atoms with van der Waals surface area (Å²) in [5.74, 6) is 0.416. The van der Waals surface area contributed by atoms with Gasteiger partial charge in [0.05, 0.1) is 20.2 Å². The van der Waals surface area contributed by atoms with Crippen LogP contribution < -0.4 is 14.6 Å². The van der Waals surface area contributed by atoms with Crippen LogP contribution in [-0.4, -0.2) is 35.4 Å². The lowest BCUT2D eigenvalue weighted by molar-refractivity contribution is -0.297. The summed E-state index contributed by atoms with van der Waals surface area (Å²) < 4.78 is 10.5. The molecule has 0 radical (unpaired) electrons. The number of carboxylic acid groups (broad SMARTS) is 1. The van der Waals surface area contributed by atoms with E-state index in [9.17, 15) is 9.90 Å². The number of aliphatic carboxylic acids is 1. The zero-order valence-electron chi connectivity index (χ0n) is 14.8. The second-order valence-corrected chi connectivity index (χ2v) is 7.39. The first-order chi connectivity index (χ1) is 13.0. The molecule has 2 aromatic heterocycles. The fraction of sp³-hybridized carbons (Fsp3) is 0.167. The zero-order valence-corrected chi connectivity index (χ0v) is 16.4. The van der Waals surface area contributed by atoms with E-state index in [-0.39, 0.29) is 10.1 Å². The SMILES string of the molecule is COc1cc(OC)cc(-c2nc(S/C(=C\c3sccc3C)C(=O)[O-])n[nH]2)c1. The molecule has 0 bridgehead atoms. The summed E-state index contributed by atoms with van der Waals surface area (Å²) in [5.41, 5.74) is 1.71. The predicted molar refractivity (Wildman–Crippen MR) is 103 cm³/mol. The summed E-state index contributed by atoms with van der Waals surface area (Å²) >= 11 is 2.39. The van der Waals surface area contributed by atoms with Gasteiger partial charge in [-0.3, -0.25) is 5.10 Å². The number of benzene rings is 1. The Kier molecular flexibility index (Phi) is 5.82. The molecule has 0 aliphatic rings. The fourth-order valence-corrected chi connectivity index (χ4v) is 3.86. The van der Waals surface area contributed by atoms with E-state index in [1.54, 1.807) is 38.5 Å². The van der Waals surface area contributed by atoms with Gasteiger partial charge >= 0.3 is 0 Å². The quantitative estimate of drug-likeness (QED) is 0.479. The average Bonchev–Trinajstić information content (AvgIpc) is 3.30. The molecule has 3 rings (SSSR count). The van der Waals surface area contributed by atoms with E-state index in [0.717, 1.165) is 22.2 Å². The molecule has 0 fully saturated rings. The lowest BCUT2D eigenvalue weighted by Gasteiger charge is -2.06. The number of thiophene rings is 1. The van der Waals surface area contributed by atoms with Crippen molar-refractivity contribution in [1.82, 2.24) is 15.2 Å². The Bertz CT molecular complexity index is 972. The van der Waals surface area contributed by atoms with Crippen LogP contribution in [0.2, 0.25) is 0 Å². The van der Waals surface area contributed by atoms with Crippen LogP contribution in [0.1, 0.15) is 10.4 Å². The van der Waals surface area contributed by atoms with Crippen molar-refractivity contribution in [1.29, 1.82) is 0 Å². The molecular weight excluding hydrogens is 386 g/mol. The van der Waals surface area contributed by atoms with Gasteiger partial charge in [0.15, 0.2) is 5.82 Å². The first-order valence-corrected chi connectivity index (χ1v) is 9.50. The van der Waals surface area contributed by atoms with Crippen molar-refractivity contribution in [3.63, 3.8) is 0 Å². The summed E-state index contributed by atoms with van der Waals surface area (Å²) in [6, 6.07) is 7.23. The third kappa shape index (κ3) is 4.50. The molecule has 3 aromatic rings. The smallest absolute Gasteiger partial charge is 0.213 e. The van der Waals surface area contributed by atoms with Crippen molar-refractivity contribution >= 4 is 35.1 Å². The van der Waals surface area contributed by atoms with Gasteiger partial charge in [-0.1, -0.05) is 0 Å². The number of hydrogen-bond donors (Lipinski definition) is 1. The number of hydrogen-bond acceptors (Lipinski definition) is 8. The molecule has 0 aliphatic carbocycles. The summed E-state index contributed by atoms with van der Waals surface area (Å²) in [5, 5.41) is 20.6. The number of methoxy groups -OCH3 is 2. The Morgan fingerprint density at radius 1 is 1.26 bits per heavy atom. The van der Waals surface area contributed by atoms with E-state index < -0.39 is 5.97 Å². The van der Waals surface area contributed by atoms with Crippen LogP contribution in [0.3, 0.4) is 0 Å². The van der Waals surface area contributed by atoms with Crippen LogP contribution in [-0.2, 0) is 4.79 Å². The van der Waals surface area contributed by atoms with Crippen LogP contribution in [0.25, 0.3) is 17.5 Å². The first-order valence-electron chi connectivity index (χ1n) is 7.81. The number of carbonyl (C=O) groups excluding carboxylic acids is 1. The van der Waals surface area contributed by atoms with E-state index >= 15 is 0 Å². The number of H-pyrrole nitrogens is 1. The third-order valence-corrected chi connectivity index (χ3v) is 5.49. The largest absolute Gasteiger partial charge is 0.544 e. The second-order valence-electron chi connectivity index (χ2n) is 5.43. The average molecular weight is 402 g/mol. The molecule has 1 N–H and O–H groups in total.